The van der Waals surface area contributed by atoms with Gasteiger partial charge in [-0.3, -0.25) is 14.5 Å². The van der Waals surface area contributed by atoms with Crippen molar-refractivity contribution in [2.45, 2.75) is 142 Å². The third kappa shape index (κ3) is 5.19. The second-order valence-electron chi connectivity index (χ2n) is 16.0. The number of fused-ring (bicyclic) bond motifs is 5. The molecule has 4 saturated carbocycles. The molecule has 0 aromatic rings. The number of piperidine rings is 2. The standard InChI is InChI=1S/C35H59N2O4/c1-6-32(39)41-33-30(37(5)19-11-8-12-20-37)22-28-26-14-13-25-21-31(40-24(2)38)29(36-17-9-7-10-18-36)23-35(25,4)27(26)15-16-34(28,33)3/h25-31,33H,6-23H2,1-5H3/q+1/t25-,26?,27?,28?,29?,30?,31-,33+,34-,35-/m0/s1. The highest BCUT2D eigenvalue weighted by Crippen LogP contribution is 2.67. The third-order valence-electron chi connectivity index (χ3n) is 14.0. The number of rotatable bonds is 5. The molecule has 10 atom stereocenters. The van der Waals surface area contributed by atoms with Gasteiger partial charge in [-0.15, -0.1) is 0 Å². The van der Waals surface area contributed by atoms with E-state index in [0.717, 1.165) is 29.9 Å². The zero-order valence-corrected chi connectivity index (χ0v) is 26.9. The zero-order valence-electron chi connectivity index (χ0n) is 26.9. The first-order valence-electron chi connectivity index (χ1n) is 17.5. The monoisotopic (exact) mass is 571 g/mol. The first-order chi connectivity index (χ1) is 19.6. The van der Waals surface area contributed by atoms with E-state index in [-0.39, 0.29) is 29.6 Å². The summed E-state index contributed by atoms with van der Waals surface area (Å²) in [5.74, 6) is 2.59. The fourth-order valence-corrected chi connectivity index (χ4v) is 11.8. The molecule has 6 heteroatoms. The fourth-order valence-electron chi connectivity index (χ4n) is 11.8. The summed E-state index contributed by atoms with van der Waals surface area (Å²) in [6, 6.07) is 0.797. The normalized spacial score (nSPS) is 46.1. The van der Waals surface area contributed by atoms with Gasteiger partial charge in [0.25, 0.3) is 0 Å². The van der Waals surface area contributed by atoms with Gasteiger partial charge in [0.05, 0.1) is 20.1 Å². The SMILES string of the molecule is CCC(=O)O[C@@H]1C([N+]2(C)CCCCC2)CC2C3CC[C@H]4C[C@H](OC(C)=O)C(N5CCCCC5)C[C@]4(C)C3CC[C@@]21C. The largest absolute Gasteiger partial charge is 0.461 e. The summed E-state index contributed by atoms with van der Waals surface area (Å²) in [4.78, 5) is 27.8. The molecule has 41 heavy (non-hydrogen) atoms. The lowest BCUT2D eigenvalue weighted by Gasteiger charge is -2.62. The highest BCUT2D eigenvalue weighted by atomic mass is 16.5. The summed E-state index contributed by atoms with van der Waals surface area (Å²) in [7, 11) is 2.48. The maximum absolute atomic E-state index is 12.9. The van der Waals surface area contributed by atoms with E-state index >= 15 is 0 Å². The number of hydrogen-bond donors (Lipinski definition) is 0. The van der Waals surface area contributed by atoms with Crippen LogP contribution in [0.2, 0.25) is 0 Å². The Morgan fingerprint density at radius 1 is 0.878 bits per heavy atom. The van der Waals surface area contributed by atoms with Gasteiger partial charge < -0.3 is 14.0 Å². The molecule has 0 N–H and O–H groups in total. The molecule has 6 fully saturated rings. The molecule has 2 heterocycles. The number of esters is 2. The second-order valence-corrected chi connectivity index (χ2v) is 16.0. The molecule has 6 aliphatic rings. The van der Waals surface area contributed by atoms with Crippen LogP contribution in [0.15, 0.2) is 0 Å². The highest BCUT2D eigenvalue weighted by Gasteiger charge is 2.67. The average Bonchev–Trinajstić information content (AvgIpc) is 3.26. The number of quaternary nitrogens is 1. The van der Waals surface area contributed by atoms with Crippen LogP contribution in [0.5, 0.6) is 0 Å². The Bertz CT molecular complexity index is 973. The predicted molar refractivity (Wildman–Crippen MR) is 161 cm³/mol. The molecule has 0 radical (unpaired) electrons. The number of ether oxygens (including phenoxy) is 2. The lowest BCUT2D eigenvalue weighted by molar-refractivity contribution is -0.940. The summed E-state index contributed by atoms with van der Waals surface area (Å²) in [5, 5.41) is 0. The first kappa shape index (κ1) is 29.9. The van der Waals surface area contributed by atoms with Gasteiger partial charge in [-0.2, -0.15) is 0 Å². The van der Waals surface area contributed by atoms with Gasteiger partial charge in [0.1, 0.15) is 12.1 Å². The minimum Gasteiger partial charge on any atom is -0.461 e. The Balaban J connectivity index is 1.29. The van der Waals surface area contributed by atoms with Gasteiger partial charge in [-0.25, -0.2) is 0 Å². The predicted octanol–water partition coefficient (Wildman–Crippen LogP) is 6.36. The van der Waals surface area contributed by atoms with Crippen LogP contribution in [0, 0.1) is 34.5 Å². The molecule has 5 unspecified atom stereocenters. The molecule has 6 nitrogen and oxygen atoms in total. The van der Waals surface area contributed by atoms with Crippen molar-refractivity contribution in [2.75, 3.05) is 33.2 Å². The van der Waals surface area contributed by atoms with Crippen molar-refractivity contribution in [3.05, 3.63) is 0 Å². The number of carbonyl (C=O) groups excluding carboxylic acids is 2. The number of carbonyl (C=O) groups is 2. The van der Waals surface area contributed by atoms with Crippen molar-refractivity contribution < 1.29 is 23.5 Å². The molecule has 4 aliphatic carbocycles. The van der Waals surface area contributed by atoms with Crippen LogP contribution in [0.4, 0.5) is 0 Å². The first-order valence-corrected chi connectivity index (χ1v) is 17.5. The molecular weight excluding hydrogens is 512 g/mol. The summed E-state index contributed by atoms with van der Waals surface area (Å²) in [5.41, 5.74) is 0.375. The highest BCUT2D eigenvalue weighted by molar-refractivity contribution is 5.69. The smallest absolute Gasteiger partial charge is 0.306 e. The number of nitrogens with zero attached hydrogens (tertiary/aromatic N) is 2. The molecule has 6 rings (SSSR count). The van der Waals surface area contributed by atoms with E-state index in [2.05, 4.69) is 25.8 Å². The second kappa shape index (κ2) is 11.4. The molecule has 0 aromatic heterocycles. The van der Waals surface area contributed by atoms with Gasteiger partial charge in [0.15, 0.2) is 6.10 Å². The lowest BCUT2D eigenvalue weighted by Crippen LogP contribution is -2.61. The average molecular weight is 572 g/mol. The lowest BCUT2D eigenvalue weighted by atomic mass is 9.44. The number of hydrogen-bond acceptors (Lipinski definition) is 5. The quantitative estimate of drug-likeness (QED) is 0.284. The Morgan fingerprint density at radius 3 is 2.27 bits per heavy atom. The zero-order chi connectivity index (χ0) is 29.0. The summed E-state index contributed by atoms with van der Waals surface area (Å²) in [6.45, 7) is 13.5. The van der Waals surface area contributed by atoms with Gasteiger partial charge in [0, 0.05) is 31.2 Å². The number of likely N-dealkylation sites (tertiary alicyclic amines) is 2. The Labute approximate surface area is 249 Å². The van der Waals surface area contributed by atoms with Crippen molar-refractivity contribution in [3.8, 4) is 0 Å². The third-order valence-corrected chi connectivity index (χ3v) is 14.0. The van der Waals surface area contributed by atoms with Crippen LogP contribution in [0.1, 0.15) is 118 Å². The molecular formula is C35H59N2O4+. The molecule has 0 aromatic carbocycles. The van der Waals surface area contributed by atoms with Crippen LogP contribution in [-0.2, 0) is 19.1 Å². The molecule has 0 bridgehead atoms. The Morgan fingerprint density at radius 2 is 1.59 bits per heavy atom. The fraction of sp³-hybridized carbons (Fsp3) is 0.943. The van der Waals surface area contributed by atoms with Gasteiger partial charge in [-0.1, -0.05) is 27.2 Å². The molecule has 0 amide bonds. The van der Waals surface area contributed by atoms with E-state index in [1.54, 1.807) is 6.92 Å². The van der Waals surface area contributed by atoms with Crippen LogP contribution in [0.25, 0.3) is 0 Å². The summed E-state index contributed by atoms with van der Waals surface area (Å²) < 4.78 is 13.7. The van der Waals surface area contributed by atoms with E-state index in [0.29, 0.717) is 41.7 Å². The van der Waals surface area contributed by atoms with Crippen LogP contribution in [-0.4, -0.2) is 78.8 Å². The van der Waals surface area contributed by atoms with Crippen molar-refractivity contribution in [1.82, 2.24) is 4.90 Å². The van der Waals surface area contributed by atoms with E-state index < -0.39 is 0 Å². The van der Waals surface area contributed by atoms with Gasteiger partial charge in [0.2, 0.25) is 0 Å². The van der Waals surface area contributed by atoms with E-state index in [1.807, 2.05) is 6.92 Å². The van der Waals surface area contributed by atoms with Gasteiger partial charge in [-0.05, 0) is 113 Å². The van der Waals surface area contributed by atoms with Crippen LogP contribution < -0.4 is 0 Å². The van der Waals surface area contributed by atoms with Crippen molar-refractivity contribution >= 4 is 11.9 Å². The topological polar surface area (TPSA) is 55.8 Å². The minimum absolute atomic E-state index is 0.00329. The van der Waals surface area contributed by atoms with Crippen molar-refractivity contribution in [1.29, 1.82) is 0 Å². The van der Waals surface area contributed by atoms with Gasteiger partial charge >= 0.3 is 11.9 Å². The van der Waals surface area contributed by atoms with E-state index in [1.165, 1.54) is 90.1 Å². The van der Waals surface area contributed by atoms with Crippen molar-refractivity contribution in [2.24, 2.45) is 34.5 Å². The van der Waals surface area contributed by atoms with Crippen LogP contribution in [0.3, 0.4) is 0 Å². The van der Waals surface area contributed by atoms with E-state index in [4.69, 9.17) is 9.47 Å². The van der Waals surface area contributed by atoms with Crippen LogP contribution >= 0.6 is 0 Å². The minimum atomic E-state index is -0.110. The van der Waals surface area contributed by atoms with E-state index in [9.17, 15) is 9.59 Å². The van der Waals surface area contributed by atoms with Crippen molar-refractivity contribution in [3.63, 3.8) is 0 Å². The molecule has 2 aliphatic heterocycles. The molecule has 0 spiro atoms. The molecule has 232 valence electrons. The number of likely N-dealkylation sites (N-methyl/N-ethyl adjacent to an activating group) is 1. The maximum Gasteiger partial charge on any atom is 0.306 e. The Hall–Kier alpha value is -1.14. The molecule has 2 saturated heterocycles. The Kier molecular flexibility index (Phi) is 8.33. The maximum atomic E-state index is 12.9. The summed E-state index contributed by atoms with van der Waals surface area (Å²) in [6.07, 6.45) is 16.8. The summed E-state index contributed by atoms with van der Waals surface area (Å²) >= 11 is 0.